The monoisotopic (exact) mass is 276 g/mol. The normalized spacial score (nSPS) is 17.9. The minimum atomic E-state index is -0.400. The fraction of sp³-hybridized carbons (Fsp3) is 0.467. The Morgan fingerprint density at radius 2 is 2.05 bits per heavy atom. The third-order valence-electron chi connectivity index (χ3n) is 3.36. The Bertz CT molecular complexity index is 455. The summed E-state index contributed by atoms with van der Waals surface area (Å²) in [6.07, 6.45) is 1.46. The summed E-state index contributed by atoms with van der Waals surface area (Å²) < 4.78 is 5.43. The molecule has 20 heavy (non-hydrogen) atoms. The summed E-state index contributed by atoms with van der Waals surface area (Å²) in [5.41, 5.74) is 6.21. The number of benzene rings is 1. The van der Waals surface area contributed by atoms with Crippen molar-refractivity contribution in [1.29, 1.82) is 0 Å². The van der Waals surface area contributed by atoms with E-state index >= 15 is 0 Å². The lowest BCUT2D eigenvalue weighted by Crippen LogP contribution is -2.40. The first-order valence-corrected chi connectivity index (χ1v) is 6.89. The molecule has 5 nitrogen and oxygen atoms in total. The van der Waals surface area contributed by atoms with Gasteiger partial charge in [-0.05, 0) is 18.4 Å². The first-order chi connectivity index (χ1) is 9.66. The van der Waals surface area contributed by atoms with Gasteiger partial charge in [0.05, 0.1) is 0 Å². The number of rotatable bonds is 6. The molecule has 0 saturated carbocycles. The van der Waals surface area contributed by atoms with Crippen molar-refractivity contribution in [1.82, 2.24) is 4.90 Å². The highest BCUT2D eigenvalue weighted by atomic mass is 16.5. The Balaban J connectivity index is 2.03. The Labute approximate surface area is 118 Å². The highest BCUT2D eigenvalue weighted by molar-refractivity contribution is 5.82. The van der Waals surface area contributed by atoms with Gasteiger partial charge in [0, 0.05) is 26.1 Å². The zero-order valence-corrected chi connectivity index (χ0v) is 11.5. The van der Waals surface area contributed by atoms with E-state index in [1.807, 2.05) is 30.3 Å². The van der Waals surface area contributed by atoms with Crippen molar-refractivity contribution in [2.24, 2.45) is 5.73 Å². The van der Waals surface area contributed by atoms with Gasteiger partial charge in [-0.3, -0.25) is 9.59 Å². The van der Waals surface area contributed by atoms with Gasteiger partial charge >= 0.3 is 0 Å². The minimum Gasteiger partial charge on any atom is -0.370 e. The number of hydrogen-bond donors (Lipinski definition) is 1. The van der Waals surface area contributed by atoms with E-state index < -0.39 is 5.91 Å². The molecule has 2 amide bonds. The minimum absolute atomic E-state index is 0.0485. The topological polar surface area (TPSA) is 72.6 Å². The summed E-state index contributed by atoms with van der Waals surface area (Å²) in [7, 11) is 0. The highest BCUT2D eigenvalue weighted by Gasteiger charge is 2.28. The lowest BCUT2D eigenvalue weighted by molar-refractivity contribution is -0.141. The van der Waals surface area contributed by atoms with Crippen molar-refractivity contribution in [2.75, 3.05) is 13.2 Å². The van der Waals surface area contributed by atoms with E-state index in [0.717, 1.165) is 18.4 Å². The molecule has 1 aromatic carbocycles. The summed E-state index contributed by atoms with van der Waals surface area (Å²) in [4.78, 5) is 25.0. The number of amides is 2. The smallest absolute Gasteiger partial charge is 0.252 e. The van der Waals surface area contributed by atoms with Crippen LogP contribution in [0.4, 0.5) is 0 Å². The van der Waals surface area contributed by atoms with Crippen LogP contribution in [0.15, 0.2) is 30.3 Å². The molecule has 0 spiro atoms. The molecule has 1 aliphatic heterocycles. The molecule has 1 saturated heterocycles. The van der Waals surface area contributed by atoms with E-state index in [1.54, 1.807) is 4.90 Å². The quantitative estimate of drug-likeness (QED) is 0.844. The largest absolute Gasteiger partial charge is 0.370 e. The third kappa shape index (κ3) is 4.06. The van der Waals surface area contributed by atoms with Crippen molar-refractivity contribution < 1.29 is 14.3 Å². The number of hydrogen-bond acceptors (Lipinski definition) is 3. The predicted octanol–water partition coefficient (Wildman–Crippen LogP) is 1.07. The van der Waals surface area contributed by atoms with Gasteiger partial charge < -0.3 is 15.4 Å². The van der Waals surface area contributed by atoms with E-state index in [9.17, 15) is 9.59 Å². The maximum absolute atomic E-state index is 12.4. The average Bonchev–Trinajstić information content (AvgIpc) is 2.97. The average molecular weight is 276 g/mol. The van der Waals surface area contributed by atoms with Crippen LogP contribution in [-0.4, -0.2) is 36.0 Å². The molecule has 1 aliphatic rings. The van der Waals surface area contributed by atoms with Gasteiger partial charge in [-0.1, -0.05) is 30.3 Å². The second-order valence-electron chi connectivity index (χ2n) is 4.96. The zero-order chi connectivity index (χ0) is 14.4. The Morgan fingerprint density at radius 1 is 1.30 bits per heavy atom. The van der Waals surface area contributed by atoms with Gasteiger partial charge in [0.15, 0.2) is 0 Å². The number of nitrogens with two attached hydrogens (primary N) is 1. The van der Waals surface area contributed by atoms with Gasteiger partial charge in [0.1, 0.15) is 6.10 Å². The van der Waals surface area contributed by atoms with Crippen LogP contribution in [0.5, 0.6) is 0 Å². The van der Waals surface area contributed by atoms with Gasteiger partial charge in [-0.15, -0.1) is 0 Å². The van der Waals surface area contributed by atoms with E-state index in [-0.39, 0.29) is 18.4 Å². The summed E-state index contributed by atoms with van der Waals surface area (Å²) in [6.45, 7) is 1.45. The van der Waals surface area contributed by atoms with Crippen LogP contribution in [0, 0.1) is 0 Å². The van der Waals surface area contributed by atoms with E-state index in [2.05, 4.69) is 0 Å². The number of primary amides is 1. The molecular weight excluding hydrogens is 256 g/mol. The van der Waals surface area contributed by atoms with Crippen molar-refractivity contribution in [3.8, 4) is 0 Å². The van der Waals surface area contributed by atoms with Crippen molar-refractivity contribution >= 4 is 11.8 Å². The molecule has 0 aromatic heterocycles. The summed E-state index contributed by atoms with van der Waals surface area (Å²) in [6, 6.07) is 9.70. The van der Waals surface area contributed by atoms with Crippen molar-refractivity contribution in [3.63, 3.8) is 0 Å². The zero-order valence-electron chi connectivity index (χ0n) is 11.5. The van der Waals surface area contributed by atoms with Gasteiger partial charge in [0.2, 0.25) is 5.91 Å². The van der Waals surface area contributed by atoms with E-state index in [4.69, 9.17) is 10.5 Å². The summed E-state index contributed by atoms with van der Waals surface area (Å²) >= 11 is 0. The van der Waals surface area contributed by atoms with Crippen LogP contribution in [0.1, 0.15) is 24.8 Å². The number of nitrogens with zero attached hydrogens (tertiary/aromatic N) is 1. The molecule has 0 radical (unpaired) electrons. The Hall–Kier alpha value is -1.88. The molecule has 1 unspecified atom stereocenters. The van der Waals surface area contributed by atoms with Crippen LogP contribution < -0.4 is 5.73 Å². The van der Waals surface area contributed by atoms with Gasteiger partial charge in [-0.25, -0.2) is 0 Å². The van der Waals surface area contributed by atoms with Crippen molar-refractivity contribution in [2.45, 2.75) is 31.9 Å². The molecule has 2 rings (SSSR count). The first kappa shape index (κ1) is 14.5. The molecule has 5 heteroatoms. The predicted molar refractivity (Wildman–Crippen MR) is 74.6 cm³/mol. The number of carbonyl (C=O) groups is 2. The SMILES string of the molecule is NC(=O)CCN(Cc1ccccc1)C(=O)C1CCCO1. The molecule has 0 bridgehead atoms. The van der Waals surface area contributed by atoms with Crippen LogP contribution in [0.3, 0.4) is 0 Å². The second kappa shape index (κ2) is 7.05. The molecular formula is C15H20N2O3. The Kier molecular flexibility index (Phi) is 5.12. The lowest BCUT2D eigenvalue weighted by atomic mass is 10.1. The van der Waals surface area contributed by atoms with Crippen molar-refractivity contribution in [3.05, 3.63) is 35.9 Å². The molecule has 1 heterocycles. The number of ether oxygens (including phenoxy) is 1. The summed E-state index contributed by atoms with van der Waals surface area (Å²) in [5, 5.41) is 0. The third-order valence-corrected chi connectivity index (χ3v) is 3.36. The lowest BCUT2D eigenvalue weighted by Gasteiger charge is -2.25. The molecule has 1 fully saturated rings. The molecule has 1 aromatic rings. The fourth-order valence-corrected chi connectivity index (χ4v) is 2.29. The van der Waals surface area contributed by atoms with Gasteiger partial charge in [-0.2, -0.15) is 0 Å². The molecule has 1 atom stereocenters. The van der Waals surface area contributed by atoms with E-state index in [1.165, 1.54) is 0 Å². The highest BCUT2D eigenvalue weighted by Crippen LogP contribution is 2.16. The Morgan fingerprint density at radius 3 is 2.65 bits per heavy atom. The molecule has 0 aliphatic carbocycles. The van der Waals surface area contributed by atoms with Crippen LogP contribution >= 0.6 is 0 Å². The van der Waals surface area contributed by atoms with Crippen LogP contribution in [0.25, 0.3) is 0 Å². The fourth-order valence-electron chi connectivity index (χ4n) is 2.29. The maximum atomic E-state index is 12.4. The van der Waals surface area contributed by atoms with Crippen LogP contribution in [0.2, 0.25) is 0 Å². The first-order valence-electron chi connectivity index (χ1n) is 6.89. The van der Waals surface area contributed by atoms with Crippen LogP contribution in [-0.2, 0) is 20.9 Å². The number of carbonyl (C=O) groups excluding carboxylic acids is 2. The summed E-state index contributed by atoms with van der Waals surface area (Å²) in [5.74, 6) is -0.448. The van der Waals surface area contributed by atoms with E-state index in [0.29, 0.717) is 19.7 Å². The molecule has 108 valence electrons. The maximum Gasteiger partial charge on any atom is 0.252 e. The molecule has 2 N–H and O–H groups in total. The standard InChI is InChI=1S/C15H20N2O3/c16-14(18)8-9-17(11-12-5-2-1-3-6-12)15(19)13-7-4-10-20-13/h1-3,5-6,13H,4,7-11H2,(H2,16,18). The van der Waals surface area contributed by atoms with Gasteiger partial charge in [0.25, 0.3) is 5.91 Å². The second-order valence-corrected chi connectivity index (χ2v) is 4.96.